The number of piperidine rings is 1. The second-order valence-electron chi connectivity index (χ2n) is 7.10. The predicted octanol–water partition coefficient (Wildman–Crippen LogP) is 4.28. The maximum atomic E-state index is 5.39. The molecule has 0 unspecified atom stereocenters. The highest BCUT2D eigenvalue weighted by Crippen LogP contribution is 2.21. The number of likely N-dealkylation sites (tertiary alicyclic amines) is 1. The Bertz CT molecular complexity index is 697. The molecule has 0 radical (unpaired) electrons. The van der Waals surface area contributed by atoms with Gasteiger partial charge in [0.2, 0.25) is 0 Å². The first kappa shape index (κ1) is 19.6. The quantitative estimate of drug-likeness (QED) is 0.698. The van der Waals surface area contributed by atoms with Crippen molar-refractivity contribution < 1.29 is 4.74 Å². The first-order valence-electron chi connectivity index (χ1n) is 9.68. The van der Waals surface area contributed by atoms with E-state index in [1.807, 2.05) is 24.3 Å². The maximum Gasteiger partial charge on any atom is 0.170 e. The molecule has 0 spiro atoms. The van der Waals surface area contributed by atoms with E-state index in [0.29, 0.717) is 5.11 Å². The fraction of sp³-hybridized carbons (Fsp3) is 0.409. The summed E-state index contributed by atoms with van der Waals surface area (Å²) in [5.74, 6) is 1.63. The van der Waals surface area contributed by atoms with Crippen LogP contribution >= 0.6 is 12.2 Å². The van der Waals surface area contributed by atoms with Crippen molar-refractivity contribution in [1.82, 2.24) is 10.2 Å². The van der Waals surface area contributed by atoms with Crippen LogP contribution in [-0.4, -0.2) is 36.8 Å². The second kappa shape index (κ2) is 10.3. The first-order chi connectivity index (χ1) is 13.2. The van der Waals surface area contributed by atoms with Crippen LogP contribution in [0, 0.1) is 5.92 Å². The van der Waals surface area contributed by atoms with Crippen LogP contribution < -0.4 is 15.4 Å². The van der Waals surface area contributed by atoms with Gasteiger partial charge in [-0.05, 0) is 80.3 Å². The molecule has 0 aliphatic carbocycles. The second-order valence-corrected chi connectivity index (χ2v) is 7.51. The van der Waals surface area contributed by atoms with E-state index in [1.165, 1.54) is 37.9 Å². The highest BCUT2D eigenvalue weighted by atomic mass is 32.1. The summed E-state index contributed by atoms with van der Waals surface area (Å²) in [5.41, 5.74) is 2.38. The van der Waals surface area contributed by atoms with Crippen molar-refractivity contribution in [3.05, 3.63) is 60.2 Å². The molecule has 2 aromatic carbocycles. The number of rotatable bonds is 7. The van der Waals surface area contributed by atoms with Gasteiger partial charge in [-0.25, -0.2) is 0 Å². The molecule has 2 aromatic rings. The molecule has 3 rings (SSSR count). The van der Waals surface area contributed by atoms with Gasteiger partial charge in [0.05, 0.1) is 7.11 Å². The van der Waals surface area contributed by atoms with Crippen LogP contribution in [0.5, 0.6) is 5.75 Å². The van der Waals surface area contributed by atoms with Crippen LogP contribution in [0.1, 0.15) is 24.8 Å². The fourth-order valence-corrected chi connectivity index (χ4v) is 3.73. The van der Waals surface area contributed by atoms with Crippen molar-refractivity contribution in [1.29, 1.82) is 0 Å². The van der Waals surface area contributed by atoms with E-state index in [9.17, 15) is 0 Å². The van der Waals surface area contributed by atoms with Crippen LogP contribution in [0.15, 0.2) is 54.6 Å². The summed E-state index contributed by atoms with van der Waals surface area (Å²) in [6.45, 7) is 4.37. The normalized spacial score (nSPS) is 15.3. The van der Waals surface area contributed by atoms with E-state index in [2.05, 4.69) is 45.9 Å². The maximum absolute atomic E-state index is 5.39. The molecule has 1 fully saturated rings. The standard InChI is InChI=1S/C22H29N3OS/c1-26-21-9-7-20(8-10-21)24-22(27)23-14-11-18-12-15-25(16-13-18)17-19-5-3-2-4-6-19/h2-10,18H,11-17H2,1H3,(H2,23,24,27). The predicted molar refractivity (Wildman–Crippen MR) is 116 cm³/mol. The van der Waals surface area contributed by atoms with Gasteiger partial charge in [-0.1, -0.05) is 30.3 Å². The summed E-state index contributed by atoms with van der Waals surface area (Å²) in [4.78, 5) is 2.56. The fourth-order valence-electron chi connectivity index (χ4n) is 3.51. The summed E-state index contributed by atoms with van der Waals surface area (Å²) >= 11 is 5.39. The van der Waals surface area contributed by atoms with Gasteiger partial charge in [0.25, 0.3) is 0 Å². The number of methoxy groups -OCH3 is 1. The minimum atomic E-state index is 0.682. The Hall–Kier alpha value is -2.11. The van der Waals surface area contributed by atoms with Crippen LogP contribution in [0.4, 0.5) is 5.69 Å². The molecule has 4 nitrogen and oxygen atoms in total. The molecule has 2 N–H and O–H groups in total. The highest BCUT2D eigenvalue weighted by Gasteiger charge is 2.18. The van der Waals surface area contributed by atoms with Crippen LogP contribution in [-0.2, 0) is 6.54 Å². The zero-order chi connectivity index (χ0) is 18.9. The summed E-state index contributed by atoms with van der Waals surface area (Å²) < 4.78 is 5.17. The monoisotopic (exact) mass is 383 g/mol. The van der Waals surface area contributed by atoms with Gasteiger partial charge in [-0.2, -0.15) is 0 Å². The van der Waals surface area contributed by atoms with E-state index >= 15 is 0 Å². The van der Waals surface area contributed by atoms with Gasteiger partial charge >= 0.3 is 0 Å². The number of ether oxygens (including phenoxy) is 1. The van der Waals surface area contributed by atoms with E-state index in [0.717, 1.165) is 30.4 Å². The Balaban J connectivity index is 1.31. The van der Waals surface area contributed by atoms with E-state index in [1.54, 1.807) is 7.11 Å². The van der Waals surface area contributed by atoms with Crippen LogP contribution in [0.3, 0.4) is 0 Å². The van der Waals surface area contributed by atoms with Gasteiger partial charge < -0.3 is 15.4 Å². The number of anilines is 1. The van der Waals surface area contributed by atoms with Gasteiger partial charge in [-0.15, -0.1) is 0 Å². The van der Waals surface area contributed by atoms with Gasteiger partial charge in [-0.3, -0.25) is 4.90 Å². The Labute approximate surface area is 167 Å². The molecule has 5 heteroatoms. The van der Waals surface area contributed by atoms with Crippen molar-refractivity contribution in [3.8, 4) is 5.75 Å². The SMILES string of the molecule is COc1ccc(NC(=S)NCCC2CCN(Cc3ccccc3)CC2)cc1. The molecular formula is C22H29N3OS. The lowest BCUT2D eigenvalue weighted by Gasteiger charge is -2.32. The molecule has 0 saturated carbocycles. The lowest BCUT2D eigenvalue weighted by molar-refractivity contribution is 0.173. The third-order valence-corrected chi connectivity index (χ3v) is 5.39. The van der Waals surface area contributed by atoms with Crippen molar-refractivity contribution >= 4 is 23.0 Å². The van der Waals surface area contributed by atoms with E-state index < -0.39 is 0 Å². The first-order valence-corrected chi connectivity index (χ1v) is 10.1. The average molecular weight is 384 g/mol. The number of hydrogen-bond donors (Lipinski definition) is 2. The van der Waals surface area contributed by atoms with E-state index in [-0.39, 0.29) is 0 Å². The average Bonchev–Trinajstić information content (AvgIpc) is 2.71. The number of thiocarbonyl (C=S) groups is 1. The molecule has 1 aliphatic heterocycles. The molecule has 0 amide bonds. The van der Waals surface area contributed by atoms with Crippen LogP contribution in [0.2, 0.25) is 0 Å². The summed E-state index contributed by atoms with van der Waals surface area (Å²) in [7, 11) is 1.67. The van der Waals surface area contributed by atoms with Gasteiger partial charge in [0.1, 0.15) is 5.75 Å². The highest BCUT2D eigenvalue weighted by molar-refractivity contribution is 7.80. The lowest BCUT2D eigenvalue weighted by atomic mass is 9.93. The molecule has 1 saturated heterocycles. The minimum Gasteiger partial charge on any atom is -0.497 e. The molecule has 1 heterocycles. The van der Waals surface area contributed by atoms with Crippen molar-refractivity contribution in [2.75, 3.05) is 32.1 Å². The third-order valence-electron chi connectivity index (χ3n) is 5.14. The molecule has 0 bridgehead atoms. The molecular weight excluding hydrogens is 354 g/mol. The van der Waals surface area contributed by atoms with Crippen LogP contribution in [0.25, 0.3) is 0 Å². The Morgan fingerprint density at radius 2 is 1.78 bits per heavy atom. The Kier molecular flexibility index (Phi) is 7.48. The molecule has 27 heavy (non-hydrogen) atoms. The Morgan fingerprint density at radius 1 is 1.07 bits per heavy atom. The van der Waals surface area contributed by atoms with E-state index in [4.69, 9.17) is 17.0 Å². The smallest absolute Gasteiger partial charge is 0.170 e. The molecule has 1 aliphatic rings. The zero-order valence-electron chi connectivity index (χ0n) is 16.0. The summed E-state index contributed by atoms with van der Waals surface area (Å²) in [6.07, 6.45) is 3.71. The summed E-state index contributed by atoms with van der Waals surface area (Å²) in [5, 5.41) is 7.24. The number of nitrogens with zero attached hydrogens (tertiary/aromatic N) is 1. The van der Waals surface area contributed by atoms with Gasteiger partial charge in [0, 0.05) is 18.8 Å². The lowest BCUT2D eigenvalue weighted by Crippen LogP contribution is -2.35. The van der Waals surface area contributed by atoms with Crippen molar-refractivity contribution in [3.63, 3.8) is 0 Å². The van der Waals surface area contributed by atoms with Crippen molar-refractivity contribution in [2.45, 2.75) is 25.8 Å². The van der Waals surface area contributed by atoms with Gasteiger partial charge in [0.15, 0.2) is 5.11 Å². The largest absolute Gasteiger partial charge is 0.497 e. The number of hydrogen-bond acceptors (Lipinski definition) is 3. The minimum absolute atomic E-state index is 0.682. The summed E-state index contributed by atoms with van der Waals surface area (Å²) in [6, 6.07) is 18.5. The molecule has 144 valence electrons. The molecule has 0 atom stereocenters. The third kappa shape index (κ3) is 6.52. The number of benzene rings is 2. The number of nitrogens with one attached hydrogen (secondary N) is 2. The van der Waals surface area contributed by atoms with Crippen molar-refractivity contribution in [2.24, 2.45) is 5.92 Å². The molecule has 0 aromatic heterocycles. The Morgan fingerprint density at radius 3 is 2.44 bits per heavy atom. The topological polar surface area (TPSA) is 36.5 Å². The zero-order valence-corrected chi connectivity index (χ0v) is 16.8.